The number of hydrogen-bond acceptors (Lipinski definition) is 1. The Morgan fingerprint density at radius 3 is 2.64 bits per heavy atom. The van der Waals surface area contributed by atoms with Gasteiger partial charge < -0.3 is 10.7 Å². The van der Waals surface area contributed by atoms with Crippen LogP contribution in [-0.2, 0) is 0 Å². The smallest absolute Gasteiger partial charge is 0.0459 e. The Morgan fingerprint density at radius 1 is 1.29 bits per heavy atom. The van der Waals surface area contributed by atoms with Gasteiger partial charge in [-0.15, -0.1) is 0 Å². The fourth-order valence-electron chi connectivity index (χ4n) is 2.05. The second kappa shape index (κ2) is 3.14. The topological polar surface area (TPSA) is 41.8 Å². The van der Waals surface area contributed by atoms with Gasteiger partial charge in [0.2, 0.25) is 0 Å². The van der Waals surface area contributed by atoms with Crippen LogP contribution >= 0.6 is 0 Å². The Bertz CT molecular complexity index is 466. The van der Waals surface area contributed by atoms with E-state index in [0.717, 1.165) is 0 Å². The summed E-state index contributed by atoms with van der Waals surface area (Å²) in [7, 11) is 0. The van der Waals surface area contributed by atoms with Gasteiger partial charge in [-0.1, -0.05) is 11.6 Å². The summed E-state index contributed by atoms with van der Waals surface area (Å²) in [6, 6.07) is 6.51. The number of hydrogen-bond donors (Lipinski definition) is 2. The molecule has 14 heavy (non-hydrogen) atoms. The van der Waals surface area contributed by atoms with Crippen LogP contribution in [0.1, 0.15) is 29.8 Å². The minimum atomic E-state index is 0.0885. The predicted molar refractivity (Wildman–Crippen MR) is 60.4 cm³/mol. The van der Waals surface area contributed by atoms with Gasteiger partial charge in [-0.3, -0.25) is 0 Å². The molecular formula is C12H16N2. The third-order valence-electron chi connectivity index (χ3n) is 2.65. The average Bonchev–Trinajstić information content (AvgIpc) is 2.40. The third kappa shape index (κ3) is 1.32. The molecule has 1 heterocycles. The highest BCUT2D eigenvalue weighted by atomic mass is 14.7. The van der Waals surface area contributed by atoms with Crippen LogP contribution in [0.25, 0.3) is 10.9 Å². The molecule has 0 aliphatic carbocycles. The van der Waals surface area contributed by atoms with Crippen molar-refractivity contribution in [2.45, 2.75) is 26.8 Å². The lowest BCUT2D eigenvalue weighted by Gasteiger charge is -2.05. The number of H-pyrrole nitrogens is 1. The van der Waals surface area contributed by atoms with E-state index < -0.39 is 0 Å². The molecule has 2 rings (SSSR count). The van der Waals surface area contributed by atoms with Crippen LogP contribution in [0.3, 0.4) is 0 Å². The second-order valence-electron chi connectivity index (χ2n) is 4.00. The van der Waals surface area contributed by atoms with Crippen LogP contribution in [-0.4, -0.2) is 4.98 Å². The molecular weight excluding hydrogens is 172 g/mol. The van der Waals surface area contributed by atoms with Crippen LogP contribution < -0.4 is 5.73 Å². The lowest BCUT2D eigenvalue weighted by Crippen LogP contribution is -2.05. The monoisotopic (exact) mass is 188 g/mol. The van der Waals surface area contributed by atoms with Crippen molar-refractivity contribution in [1.29, 1.82) is 0 Å². The maximum atomic E-state index is 5.96. The van der Waals surface area contributed by atoms with Gasteiger partial charge in [0, 0.05) is 22.6 Å². The first-order valence-corrected chi connectivity index (χ1v) is 4.94. The molecule has 0 saturated carbocycles. The van der Waals surface area contributed by atoms with Crippen molar-refractivity contribution in [3.8, 4) is 0 Å². The van der Waals surface area contributed by atoms with E-state index in [1.165, 1.54) is 27.7 Å². The van der Waals surface area contributed by atoms with E-state index in [0.29, 0.717) is 0 Å². The van der Waals surface area contributed by atoms with Gasteiger partial charge in [0.05, 0.1) is 0 Å². The third-order valence-corrected chi connectivity index (χ3v) is 2.65. The molecule has 0 aliphatic heterocycles. The quantitative estimate of drug-likeness (QED) is 0.710. The molecule has 1 aromatic carbocycles. The number of aromatic nitrogens is 1. The van der Waals surface area contributed by atoms with Crippen molar-refractivity contribution >= 4 is 10.9 Å². The fourth-order valence-corrected chi connectivity index (χ4v) is 2.05. The highest BCUT2D eigenvalue weighted by Gasteiger charge is 2.11. The molecule has 2 nitrogen and oxygen atoms in total. The predicted octanol–water partition coefficient (Wildman–Crippen LogP) is 2.80. The minimum absolute atomic E-state index is 0.0885. The summed E-state index contributed by atoms with van der Waals surface area (Å²) >= 11 is 0. The molecule has 1 unspecified atom stereocenters. The highest BCUT2D eigenvalue weighted by molar-refractivity contribution is 5.85. The molecule has 0 fully saturated rings. The molecule has 3 N–H and O–H groups in total. The number of rotatable bonds is 1. The second-order valence-corrected chi connectivity index (χ2v) is 4.00. The number of benzene rings is 1. The summed E-state index contributed by atoms with van der Waals surface area (Å²) < 4.78 is 0. The maximum Gasteiger partial charge on any atom is 0.0459 e. The maximum absolute atomic E-state index is 5.96. The van der Waals surface area contributed by atoms with Crippen molar-refractivity contribution in [3.05, 3.63) is 35.0 Å². The van der Waals surface area contributed by atoms with E-state index >= 15 is 0 Å². The zero-order valence-corrected chi connectivity index (χ0v) is 8.89. The van der Waals surface area contributed by atoms with Gasteiger partial charge in [-0.2, -0.15) is 0 Å². The summed E-state index contributed by atoms with van der Waals surface area (Å²) in [4.78, 5) is 3.36. The number of aromatic amines is 1. The van der Waals surface area contributed by atoms with Gasteiger partial charge in [0.15, 0.2) is 0 Å². The van der Waals surface area contributed by atoms with Crippen LogP contribution in [0.2, 0.25) is 0 Å². The summed E-state index contributed by atoms with van der Waals surface area (Å²) in [5.41, 5.74) is 10.8. The number of nitrogens with two attached hydrogens (primary N) is 1. The van der Waals surface area contributed by atoms with Crippen LogP contribution in [0.5, 0.6) is 0 Å². The molecule has 0 aliphatic rings. The number of nitrogens with one attached hydrogen (secondary N) is 1. The van der Waals surface area contributed by atoms with Gasteiger partial charge >= 0.3 is 0 Å². The average molecular weight is 188 g/mol. The molecule has 2 heteroatoms. The van der Waals surface area contributed by atoms with Gasteiger partial charge in [-0.05, 0) is 38.5 Å². The van der Waals surface area contributed by atoms with Gasteiger partial charge in [0.1, 0.15) is 0 Å². The standard InChI is InChI=1S/C12H16N2/c1-7-4-5-11-10(6-7)12(8(2)13)9(3)14-11/h4-6,8,14H,13H2,1-3H3. The van der Waals surface area contributed by atoms with Crippen LogP contribution in [0.4, 0.5) is 0 Å². The minimum Gasteiger partial charge on any atom is -0.358 e. The summed E-state index contributed by atoms with van der Waals surface area (Å²) in [6.07, 6.45) is 0. The van der Waals surface area contributed by atoms with Gasteiger partial charge in [0.25, 0.3) is 0 Å². The van der Waals surface area contributed by atoms with Crippen LogP contribution in [0, 0.1) is 13.8 Å². The van der Waals surface area contributed by atoms with Crippen molar-refractivity contribution in [3.63, 3.8) is 0 Å². The lowest BCUT2D eigenvalue weighted by molar-refractivity contribution is 0.816. The first-order valence-electron chi connectivity index (χ1n) is 4.94. The molecule has 0 amide bonds. The van der Waals surface area contributed by atoms with Crippen LogP contribution in [0.15, 0.2) is 18.2 Å². The molecule has 0 radical (unpaired) electrons. The molecule has 1 aromatic heterocycles. The van der Waals surface area contributed by atoms with Gasteiger partial charge in [-0.25, -0.2) is 0 Å². The Balaban J connectivity index is 2.79. The van der Waals surface area contributed by atoms with E-state index in [1.807, 2.05) is 6.92 Å². The Kier molecular flexibility index (Phi) is 2.08. The first-order chi connectivity index (χ1) is 6.59. The van der Waals surface area contributed by atoms with E-state index in [2.05, 4.69) is 37.0 Å². The zero-order valence-electron chi connectivity index (χ0n) is 8.89. The fraction of sp³-hybridized carbons (Fsp3) is 0.333. The molecule has 2 aromatic rings. The largest absolute Gasteiger partial charge is 0.358 e. The summed E-state index contributed by atoms with van der Waals surface area (Å²) in [5.74, 6) is 0. The van der Waals surface area contributed by atoms with E-state index in [1.54, 1.807) is 0 Å². The number of fused-ring (bicyclic) bond motifs is 1. The van der Waals surface area contributed by atoms with E-state index in [4.69, 9.17) is 5.73 Å². The number of aryl methyl sites for hydroxylation is 2. The van der Waals surface area contributed by atoms with Crippen molar-refractivity contribution < 1.29 is 0 Å². The Hall–Kier alpha value is -1.28. The van der Waals surface area contributed by atoms with Crippen molar-refractivity contribution in [2.75, 3.05) is 0 Å². The molecule has 0 saturated heterocycles. The summed E-state index contributed by atoms with van der Waals surface area (Å²) in [6.45, 7) is 6.21. The zero-order chi connectivity index (χ0) is 10.3. The SMILES string of the molecule is Cc1ccc2[nH]c(C)c(C(C)N)c2c1. The van der Waals surface area contributed by atoms with E-state index in [9.17, 15) is 0 Å². The van der Waals surface area contributed by atoms with E-state index in [-0.39, 0.29) is 6.04 Å². The Labute approximate surface area is 84.1 Å². The molecule has 0 spiro atoms. The lowest BCUT2D eigenvalue weighted by atomic mass is 10.0. The molecule has 0 bridgehead atoms. The van der Waals surface area contributed by atoms with Crippen molar-refractivity contribution in [1.82, 2.24) is 4.98 Å². The first kappa shape index (κ1) is 9.28. The molecule has 1 atom stereocenters. The van der Waals surface area contributed by atoms with Crippen molar-refractivity contribution in [2.24, 2.45) is 5.73 Å². The normalized spacial score (nSPS) is 13.4. The Morgan fingerprint density at radius 2 is 2.00 bits per heavy atom. The summed E-state index contributed by atoms with van der Waals surface area (Å²) in [5, 5.41) is 1.26. The highest BCUT2D eigenvalue weighted by Crippen LogP contribution is 2.27. The molecule has 74 valence electrons.